The Morgan fingerprint density at radius 1 is 1.69 bits per heavy atom. The molecule has 0 aliphatic carbocycles. The molecule has 0 atom stereocenters. The monoisotopic (exact) mass is 197 g/mol. The molecule has 2 N–H and O–H groups in total. The number of nitrogens with zero attached hydrogens (tertiary/aromatic N) is 2. The zero-order valence-electron chi connectivity index (χ0n) is 7.28. The fraction of sp³-hybridized carbons (Fsp3) is 0.222. The molecule has 0 bridgehead atoms. The summed E-state index contributed by atoms with van der Waals surface area (Å²) in [5, 5.41) is 4.52. The molecule has 1 aromatic rings. The zero-order valence-corrected chi connectivity index (χ0v) is 8.04. The average Bonchev–Trinajstić information content (AvgIpc) is 2.41. The fourth-order valence-corrected chi connectivity index (χ4v) is 1.08. The number of anilines is 1. The fourth-order valence-electron chi connectivity index (χ4n) is 0.926. The molecule has 0 aromatic carbocycles. The molecule has 1 heterocycles. The molecule has 0 fully saturated rings. The second kappa shape index (κ2) is 4.72. The Hall–Kier alpha value is -1.22. The maximum atomic E-state index is 5.73. The van der Waals surface area contributed by atoms with Crippen molar-refractivity contribution in [3.8, 4) is 0 Å². The van der Waals surface area contributed by atoms with Crippen molar-refractivity contribution in [3.05, 3.63) is 36.0 Å². The highest BCUT2D eigenvalue weighted by atomic mass is 35.5. The van der Waals surface area contributed by atoms with E-state index in [0.29, 0.717) is 10.8 Å². The first-order valence-electron chi connectivity index (χ1n) is 4.00. The van der Waals surface area contributed by atoms with Gasteiger partial charge in [0.1, 0.15) is 5.02 Å². The van der Waals surface area contributed by atoms with Gasteiger partial charge in [-0.25, -0.2) is 0 Å². The molecule has 0 aliphatic heterocycles. The Morgan fingerprint density at radius 3 is 3.00 bits per heavy atom. The molecule has 13 heavy (non-hydrogen) atoms. The number of allylic oxidation sites excluding steroid dienone is 3. The third-order valence-electron chi connectivity index (χ3n) is 1.54. The van der Waals surface area contributed by atoms with Crippen molar-refractivity contribution in [2.45, 2.75) is 13.0 Å². The van der Waals surface area contributed by atoms with Crippen molar-refractivity contribution >= 4 is 17.4 Å². The maximum Gasteiger partial charge on any atom is 0.164 e. The molecule has 0 saturated heterocycles. The first kappa shape index (κ1) is 9.86. The van der Waals surface area contributed by atoms with E-state index in [1.54, 1.807) is 17.0 Å². The van der Waals surface area contributed by atoms with E-state index in [1.807, 2.05) is 12.2 Å². The van der Waals surface area contributed by atoms with Crippen LogP contribution in [0.25, 0.3) is 0 Å². The number of nitrogen functional groups attached to an aromatic ring is 1. The number of aryl methyl sites for hydroxylation is 1. The Kier molecular flexibility index (Phi) is 3.58. The molecule has 0 aliphatic rings. The van der Waals surface area contributed by atoms with Gasteiger partial charge in [-0.1, -0.05) is 36.4 Å². The van der Waals surface area contributed by atoms with Crippen LogP contribution in [0.3, 0.4) is 0 Å². The first-order chi connectivity index (χ1) is 6.24. The van der Waals surface area contributed by atoms with Gasteiger partial charge in [-0.05, 0) is 6.42 Å². The predicted molar refractivity (Wildman–Crippen MR) is 55.6 cm³/mol. The molecule has 70 valence electrons. The van der Waals surface area contributed by atoms with Crippen LogP contribution in [0.4, 0.5) is 5.82 Å². The summed E-state index contributed by atoms with van der Waals surface area (Å²) in [6.45, 7) is 4.35. The average molecular weight is 198 g/mol. The Morgan fingerprint density at radius 2 is 2.46 bits per heavy atom. The summed E-state index contributed by atoms with van der Waals surface area (Å²) in [5.74, 6) is 0.384. The Balaban J connectivity index is 2.45. The molecule has 4 heteroatoms. The molecule has 0 unspecified atom stereocenters. The van der Waals surface area contributed by atoms with Crippen molar-refractivity contribution < 1.29 is 0 Å². The van der Waals surface area contributed by atoms with E-state index in [9.17, 15) is 0 Å². The van der Waals surface area contributed by atoms with Gasteiger partial charge in [0.25, 0.3) is 0 Å². The second-order valence-corrected chi connectivity index (χ2v) is 2.99. The highest BCUT2D eigenvalue weighted by molar-refractivity contribution is 6.32. The van der Waals surface area contributed by atoms with Gasteiger partial charge in [0.2, 0.25) is 0 Å². The van der Waals surface area contributed by atoms with Crippen LogP contribution < -0.4 is 5.73 Å². The lowest BCUT2D eigenvalue weighted by Gasteiger charge is -1.95. The van der Waals surface area contributed by atoms with Crippen LogP contribution in [0.5, 0.6) is 0 Å². The lowest BCUT2D eigenvalue weighted by molar-refractivity contribution is 0.626. The number of nitrogens with two attached hydrogens (primary N) is 1. The predicted octanol–water partition coefficient (Wildman–Crippen LogP) is 2.25. The Bertz CT molecular complexity index is 295. The largest absolute Gasteiger partial charge is 0.381 e. The minimum absolute atomic E-state index is 0.384. The lowest BCUT2D eigenvalue weighted by Crippen LogP contribution is -1.98. The minimum atomic E-state index is 0.384. The Labute approximate surface area is 82.5 Å². The van der Waals surface area contributed by atoms with Crippen molar-refractivity contribution in [3.63, 3.8) is 0 Å². The van der Waals surface area contributed by atoms with Gasteiger partial charge < -0.3 is 5.73 Å². The summed E-state index contributed by atoms with van der Waals surface area (Å²) >= 11 is 5.73. The van der Waals surface area contributed by atoms with Crippen LogP contribution in [0.2, 0.25) is 5.02 Å². The molecule has 0 radical (unpaired) electrons. The van der Waals surface area contributed by atoms with Gasteiger partial charge in [-0.15, -0.1) is 0 Å². The summed E-state index contributed by atoms with van der Waals surface area (Å²) in [5.41, 5.74) is 5.47. The zero-order chi connectivity index (χ0) is 9.68. The summed E-state index contributed by atoms with van der Waals surface area (Å²) in [7, 11) is 0. The van der Waals surface area contributed by atoms with E-state index in [4.69, 9.17) is 17.3 Å². The molecule has 3 nitrogen and oxygen atoms in total. The maximum absolute atomic E-state index is 5.73. The summed E-state index contributed by atoms with van der Waals surface area (Å²) in [6.07, 6.45) is 8.26. The molecular weight excluding hydrogens is 186 g/mol. The first-order valence-corrected chi connectivity index (χ1v) is 4.38. The van der Waals surface area contributed by atoms with Crippen molar-refractivity contribution in [2.75, 3.05) is 5.73 Å². The van der Waals surface area contributed by atoms with Crippen LogP contribution in [0.15, 0.2) is 31.0 Å². The molecule has 1 rings (SSSR count). The van der Waals surface area contributed by atoms with Crippen molar-refractivity contribution in [1.82, 2.24) is 9.78 Å². The van der Waals surface area contributed by atoms with E-state index >= 15 is 0 Å². The second-order valence-electron chi connectivity index (χ2n) is 2.58. The van der Waals surface area contributed by atoms with E-state index in [2.05, 4.69) is 11.7 Å². The standard InChI is InChI=1S/C9H12ClN3/c1-2-3-4-5-6-13-7-8(10)9(11)12-13/h2-4,7H,1,5-6H2,(H2,11,12)/b4-3+. The van der Waals surface area contributed by atoms with E-state index in [0.717, 1.165) is 13.0 Å². The number of hydrogen-bond acceptors (Lipinski definition) is 2. The van der Waals surface area contributed by atoms with Crippen LogP contribution in [-0.4, -0.2) is 9.78 Å². The summed E-state index contributed by atoms with van der Waals surface area (Å²) in [4.78, 5) is 0. The van der Waals surface area contributed by atoms with Gasteiger partial charge >= 0.3 is 0 Å². The number of hydrogen-bond donors (Lipinski definition) is 1. The van der Waals surface area contributed by atoms with Gasteiger partial charge in [-0.3, -0.25) is 4.68 Å². The van der Waals surface area contributed by atoms with Crippen LogP contribution in [0.1, 0.15) is 6.42 Å². The number of aromatic nitrogens is 2. The quantitative estimate of drug-likeness (QED) is 0.753. The van der Waals surface area contributed by atoms with Gasteiger partial charge in [-0.2, -0.15) is 5.10 Å². The highest BCUT2D eigenvalue weighted by Gasteiger charge is 2.00. The van der Waals surface area contributed by atoms with E-state index in [-0.39, 0.29) is 0 Å². The lowest BCUT2D eigenvalue weighted by atomic mass is 10.4. The SMILES string of the molecule is C=C/C=C/CCn1cc(Cl)c(N)n1. The third kappa shape index (κ3) is 2.95. The topological polar surface area (TPSA) is 43.8 Å². The molecule has 0 saturated carbocycles. The van der Waals surface area contributed by atoms with Crippen LogP contribution in [-0.2, 0) is 6.54 Å². The normalized spacial score (nSPS) is 10.8. The van der Waals surface area contributed by atoms with Crippen molar-refractivity contribution in [1.29, 1.82) is 0 Å². The molecular formula is C9H12ClN3. The highest BCUT2D eigenvalue weighted by Crippen LogP contribution is 2.15. The van der Waals surface area contributed by atoms with Gasteiger partial charge in [0.15, 0.2) is 5.82 Å². The van der Waals surface area contributed by atoms with E-state index in [1.165, 1.54) is 0 Å². The third-order valence-corrected chi connectivity index (χ3v) is 1.83. The smallest absolute Gasteiger partial charge is 0.164 e. The van der Waals surface area contributed by atoms with Gasteiger partial charge in [0, 0.05) is 12.7 Å². The minimum Gasteiger partial charge on any atom is -0.381 e. The number of halogens is 1. The molecule has 0 spiro atoms. The number of rotatable bonds is 4. The summed E-state index contributed by atoms with van der Waals surface area (Å²) in [6, 6.07) is 0. The van der Waals surface area contributed by atoms with Crippen molar-refractivity contribution in [2.24, 2.45) is 0 Å². The molecule has 1 aromatic heterocycles. The molecule has 0 amide bonds. The van der Waals surface area contributed by atoms with Gasteiger partial charge in [0.05, 0.1) is 0 Å². The van der Waals surface area contributed by atoms with E-state index < -0.39 is 0 Å². The van der Waals surface area contributed by atoms with Crippen LogP contribution in [0, 0.1) is 0 Å². The van der Waals surface area contributed by atoms with Crippen LogP contribution >= 0.6 is 11.6 Å². The summed E-state index contributed by atoms with van der Waals surface area (Å²) < 4.78 is 1.73.